The van der Waals surface area contributed by atoms with Crippen molar-refractivity contribution < 1.29 is 15.0 Å². The molecule has 0 aromatic rings. The zero-order valence-electron chi connectivity index (χ0n) is 11.3. The summed E-state index contributed by atoms with van der Waals surface area (Å²) in [7, 11) is 0. The van der Waals surface area contributed by atoms with Gasteiger partial charge in [-0.3, -0.25) is 4.79 Å². The Hall–Kier alpha value is -0.930. The minimum absolute atomic E-state index is 0.0156. The molecule has 1 aliphatic carbocycles. The molecule has 0 fully saturated rings. The standard InChI is InChI=1S/C15H24O3/c1-10(2)13-8-7-12(9-16)6-4-5-11(3)14(17)15(13)18/h6,9-10,13-15,17-18H,3-5,7-8H2,1-2H3/b12-6+/t13-,14+,15+/m0/s1. The zero-order chi connectivity index (χ0) is 13.7. The lowest BCUT2D eigenvalue weighted by atomic mass is 9.80. The summed E-state index contributed by atoms with van der Waals surface area (Å²) in [4.78, 5) is 10.9. The number of aliphatic hydroxyl groups excluding tert-OH is 2. The van der Waals surface area contributed by atoms with E-state index in [1.54, 1.807) is 0 Å². The molecule has 1 rings (SSSR count). The average molecular weight is 252 g/mol. The van der Waals surface area contributed by atoms with Crippen molar-refractivity contribution in [3.63, 3.8) is 0 Å². The maximum Gasteiger partial charge on any atom is 0.145 e. The highest BCUT2D eigenvalue weighted by atomic mass is 16.3. The summed E-state index contributed by atoms with van der Waals surface area (Å²) >= 11 is 0. The van der Waals surface area contributed by atoms with Crippen LogP contribution in [-0.2, 0) is 4.79 Å². The van der Waals surface area contributed by atoms with Crippen LogP contribution >= 0.6 is 0 Å². The second kappa shape index (κ2) is 6.86. The highest BCUT2D eigenvalue weighted by Crippen LogP contribution is 2.29. The van der Waals surface area contributed by atoms with Gasteiger partial charge in [0, 0.05) is 0 Å². The van der Waals surface area contributed by atoms with Crippen molar-refractivity contribution in [2.45, 2.75) is 51.7 Å². The van der Waals surface area contributed by atoms with E-state index >= 15 is 0 Å². The van der Waals surface area contributed by atoms with Crippen LogP contribution in [0.4, 0.5) is 0 Å². The molecule has 0 heterocycles. The van der Waals surface area contributed by atoms with Crippen LogP contribution in [0.3, 0.4) is 0 Å². The topological polar surface area (TPSA) is 57.5 Å². The molecule has 0 aliphatic heterocycles. The average Bonchev–Trinajstić information content (AvgIpc) is 2.34. The molecule has 0 spiro atoms. The predicted molar refractivity (Wildman–Crippen MR) is 72.1 cm³/mol. The van der Waals surface area contributed by atoms with E-state index < -0.39 is 12.2 Å². The molecule has 2 N–H and O–H groups in total. The monoisotopic (exact) mass is 252 g/mol. The molecule has 0 bridgehead atoms. The fourth-order valence-electron chi connectivity index (χ4n) is 2.51. The Labute approximate surface area is 109 Å². The fourth-order valence-corrected chi connectivity index (χ4v) is 2.51. The zero-order valence-corrected chi connectivity index (χ0v) is 11.3. The lowest BCUT2D eigenvalue weighted by Crippen LogP contribution is -2.37. The third kappa shape index (κ3) is 3.79. The van der Waals surface area contributed by atoms with Crippen molar-refractivity contribution in [3.05, 3.63) is 23.8 Å². The first kappa shape index (κ1) is 15.1. The number of rotatable bonds is 2. The second-order valence-corrected chi connectivity index (χ2v) is 5.48. The van der Waals surface area contributed by atoms with Gasteiger partial charge in [-0.15, -0.1) is 0 Å². The minimum atomic E-state index is -0.858. The molecule has 1 aliphatic rings. The predicted octanol–water partition coefficient (Wildman–Crippen LogP) is 2.24. The van der Waals surface area contributed by atoms with Gasteiger partial charge in [-0.25, -0.2) is 0 Å². The van der Waals surface area contributed by atoms with E-state index in [9.17, 15) is 15.0 Å². The molecule has 3 heteroatoms. The molecular weight excluding hydrogens is 228 g/mol. The van der Waals surface area contributed by atoms with Gasteiger partial charge in [0.05, 0.1) is 6.10 Å². The van der Waals surface area contributed by atoms with Gasteiger partial charge in [-0.2, -0.15) is 0 Å². The molecule has 0 saturated heterocycles. The quantitative estimate of drug-likeness (QED) is 0.585. The number of carbonyl (C=O) groups excluding carboxylic acids is 1. The van der Waals surface area contributed by atoms with Gasteiger partial charge in [-0.05, 0) is 48.7 Å². The number of allylic oxidation sites excluding steroid dienone is 2. The Balaban J connectivity index is 2.92. The van der Waals surface area contributed by atoms with Crippen LogP contribution in [0.15, 0.2) is 23.8 Å². The van der Waals surface area contributed by atoms with E-state index in [0.29, 0.717) is 31.3 Å². The fraction of sp³-hybridized carbons (Fsp3) is 0.667. The third-order valence-electron chi connectivity index (χ3n) is 3.83. The first-order chi connectivity index (χ1) is 8.47. The van der Waals surface area contributed by atoms with Crippen molar-refractivity contribution in [2.24, 2.45) is 11.8 Å². The summed E-state index contributed by atoms with van der Waals surface area (Å²) in [6.45, 7) is 7.89. The summed E-state index contributed by atoms with van der Waals surface area (Å²) < 4.78 is 0. The molecule has 102 valence electrons. The van der Waals surface area contributed by atoms with Crippen molar-refractivity contribution >= 4 is 6.29 Å². The summed E-state index contributed by atoms with van der Waals surface area (Å²) in [6.07, 6.45) is 3.86. The Bertz CT molecular complexity index is 331. The number of aldehydes is 1. The molecule has 0 aromatic carbocycles. The maximum absolute atomic E-state index is 10.9. The molecule has 0 unspecified atom stereocenters. The van der Waals surface area contributed by atoms with Gasteiger partial charge in [0.25, 0.3) is 0 Å². The highest BCUT2D eigenvalue weighted by Gasteiger charge is 2.30. The summed E-state index contributed by atoms with van der Waals surface area (Å²) in [5.74, 6) is 0.243. The van der Waals surface area contributed by atoms with E-state index in [0.717, 1.165) is 11.9 Å². The normalized spacial score (nSPS) is 33.9. The smallest absolute Gasteiger partial charge is 0.145 e. The van der Waals surface area contributed by atoms with Gasteiger partial charge in [0.15, 0.2) is 0 Å². The Kier molecular flexibility index (Phi) is 5.76. The van der Waals surface area contributed by atoms with E-state index in [1.165, 1.54) is 0 Å². The van der Waals surface area contributed by atoms with Crippen molar-refractivity contribution in [2.75, 3.05) is 0 Å². The van der Waals surface area contributed by atoms with E-state index in [4.69, 9.17) is 0 Å². The van der Waals surface area contributed by atoms with Gasteiger partial charge >= 0.3 is 0 Å². The van der Waals surface area contributed by atoms with Crippen LogP contribution in [0.2, 0.25) is 0 Å². The number of hydrogen-bond donors (Lipinski definition) is 2. The minimum Gasteiger partial charge on any atom is -0.390 e. The third-order valence-corrected chi connectivity index (χ3v) is 3.83. The van der Waals surface area contributed by atoms with Crippen LogP contribution in [0.5, 0.6) is 0 Å². The Morgan fingerprint density at radius 2 is 2.06 bits per heavy atom. The maximum atomic E-state index is 10.9. The first-order valence-corrected chi connectivity index (χ1v) is 6.65. The number of aliphatic hydroxyl groups is 2. The van der Waals surface area contributed by atoms with Crippen LogP contribution in [0.1, 0.15) is 39.5 Å². The van der Waals surface area contributed by atoms with Gasteiger partial charge in [0.1, 0.15) is 12.4 Å². The highest BCUT2D eigenvalue weighted by molar-refractivity contribution is 5.72. The second-order valence-electron chi connectivity index (χ2n) is 5.48. The molecule has 0 radical (unpaired) electrons. The van der Waals surface area contributed by atoms with Crippen LogP contribution in [0.25, 0.3) is 0 Å². The lowest BCUT2D eigenvalue weighted by Gasteiger charge is -2.31. The number of carbonyl (C=O) groups is 1. The van der Waals surface area contributed by atoms with E-state index in [1.807, 2.05) is 19.9 Å². The summed E-state index contributed by atoms with van der Waals surface area (Å²) in [6, 6.07) is 0. The Morgan fingerprint density at radius 1 is 1.39 bits per heavy atom. The SMILES string of the molecule is C=C1CC/C=C(/C=O)CC[C@@H](C(C)C)[C@@H](O)[C@@H]1O. The molecule has 0 amide bonds. The van der Waals surface area contributed by atoms with Crippen LogP contribution < -0.4 is 0 Å². The molecule has 3 nitrogen and oxygen atoms in total. The van der Waals surface area contributed by atoms with Gasteiger partial charge in [-0.1, -0.05) is 26.5 Å². The van der Waals surface area contributed by atoms with E-state index in [-0.39, 0.29) is 11.8 Å². The van der Waals surface area contributed by atoms with Crippen molar-refractivity contribution in [1.82, 2.24) is 0 Å². The van der Waals surface area contributed by atoms with Gasteiger partial charge in [0.2, 0.25) is 0 Å². The van der Waals surface area contributed by atoms with E-state index in [2.05, 4.69) is 6.58 Å². The molecule has 18 heavy (non-hydrogen) atoms. The summed E-state index contributed by atoms with van der Waals surface area (Å²) in [5, 5.41) is 20.3. The molecule has 3 atom stereocenters. The molecule has 0 aromatic heterocycles. The lowest BCUT2D eigenvalue weighted by molar-refractivity contribution is -0.105. The number of hydrogen-bond acceptors (Lipinski definition) is 3. The van der Waals surface area contributed by atoms with Gasteiger partial charge < -0.3 is 10.2 Å². The first-order valence-electron chi connectivity index (χ1n) is 6.65. The largest absolute Gasteiger partial charge is 0.390 e. The summed E-state index contributed by atoms with van der Waals surface area (Å²) in [5.41, 5.74) is 1.44. The molecule has 0 saturated carbocycles. The van der Waals surface area contributed by atoms with Crippen molar-refractivity contribution in [1.29, 1.82) is 0 Å². The van der Waals surface area contributed by atoms with Crippen LogP contribution in [-0.4, -0.2) is 28.7 Å². The van der Waals surface area contributed by atoms with Crippen LogP contribution in [0, 0.1) is 11.8 Å². The Morgan fingerprint density at radius 3 is 2.61 bits per heavy atom. The molecular formula is C15H24O3. The van der Waals surface area contributed by atoms with Crippen molar-refractivity contribution in [3.8, 4) is 0 Å².